The van der Waals surface area contributed by atoms with Crippen LogP contribution in [-0.2, 0) is 0 Å². The van der Waals surface area contributed by atoms with E-state index >= 15 is 0 Å². The van der Waals surface area contributed by atoms with Crippen LogP contribution in [-0.4, -0.2) is 12.4 Å². The van der Waals surface area contributed by atoms with E-state index in [0.717, 1.165) is 0 Å². The summed E-state index contributed by atoms with van der Waals surface area (Å²) in [5.41, 5.74) is 0.499. The molecule has 0 saturated carbocycles. The number of Topliss-reactive ketones (excluding diaryl/α,β-unsaturated/α-hetero) is 1. The van der Waals surface area contributed by atoms with Crippen LogP contribution in [0.1, 0.15) is 15.2 Å². The van der Waals surface area contributed by atoms with Crippen molar-refractivity contribution in [3.63, 3.8) is 0 Å². The Morgan fingerprint density at radius 1 is 1.39 bits per heavy atom. The number of ether oxygens (including phenoxy) is 1. The van der Waals surface area contributed by atoms with Gasteiger partial charge < -0.3 is 4.74 Å². The molecule has 0 aliphatic rings. The summed E-state index contributed by atoms with van der Waals surface area (Å²) in [6.07, 6.45) is 0. The third kappa shape index (κ3) is 3.10. The molecule has 0 aliphatic carbocycles. The maximum absolute atomic E-state index is 11.7. The first kappa shape index (κ1) is 12.6. The highest BCUT2D eigenvalue weighted by Crippen LogP contribution is 2.22. The molecular weight excluding hydrogens is 270 g/mol. The molecule has 0 amide bonds. The number of nitrogens with zero attached hydrogens (tertiary/aromatic N) is 1. The van der Waals surface area contributed by atoms with E-state index in [2.05, 4.69) is 0 Å². The number of nitriles is 1. The van der Waals surface area contributed by atoms with E-state index in [1.165, 1.54) is 11.3 Å². The number of ketones is 1. The number of benzene rings is 1. The molecule has 90 valence electrons. The maximum Gasteiger partial charge on any atom is 0.210 e. The lowest BCUT2D eigenvalue weighted by Gasteiger charge is -2.04. The molecule has 0 atom stereocenters. The van der Waals surface area contributed by atoms with Crippen molar-refractivity contribution in [2.75, 3.05) is 6.61 Å². The van der Waals surface area contributed by atoms with Crippen molar-refractivity contribution in [2.24, 2.45) is 0 Å². The fourth-order valence-corrected chi connectivity index (χ4v) is 2.31. The van der Waals surface area contributed by atoms with Crippen LogP contribution in [0.2, 0.25) is 4.34 Å². The van der Waals surface area contributed by atoms with Gasteiger partial charge in [-0.05, 0) is 30.3 Å². The number of carbonyl (C=O) groups is 1. The van der Waals surface area contributed by atoms with Gasteiger partial charge in [0, 0.05) is 0 Å². The molecule has 18 heavy (non-hydrogen) atoms. The van der Waals surface area contributed by atoms with E-state index in [9.17, 15) is 4.79 Å². The van der Waals surface area contributed by atoms with Crippen LogP contribution in [0.15, 0.2) is 36.4 Å². The van der Waals surface area contributed by atoms with Gasteiger partial charge in [-0.1, -0.05) is 17.7 Å². The van der Waals surface area contributed by atoms with Gasteiger partial charge in [-0.2, -0.15) is 5.26 Å². The van der Waals surface area contributed by atoms with Crippen LogP contribution in [0.4, 0.5) is 0 Å². The van der Waals surface area contributed by atoms with E-state index in [1.54, 1.807) is 36.4 Å². The second-order valence-corrected chi connectivity index (χ2v) is 5.17. The monoisotopic (exact) mass is 277 g/mol. The highest BCUT2D eigenvalue weighted by molar-refractivity contribution is 7.18. The van der Waals surface area contributed by atoms with Crippen molar-refractivity contribution in [3.05, 3.63) is 51.2 Å². The van der Waals surface area contributed by atoms with E-state index < -0.39 is 0 Å². The molecular formula is C13H8ClNO2S. The van der Waals surface area contributed by atoms with Crippen molar-refractivity contribution in [1.82, 2.24) is 0 Å². The van der Waals surface area contributed by atoms with Gasteiger partial charge in [-0.3, -0.25) is 4.79 Å². The Balaban J connectivity index is 1.99. The van der Waals surface area contributed by atoms with Gasteiger partial charge in [0.15, 0.2) is 6.61 Å². The number of hydrogen-bond donors (Lipinski definition) is 0. The Hall–Kier alpha value is -1.83. The number of carbonyl (C=O) groups excluding carboxylic acids is 1. The summed E-state index contributed by atoms with van der Waals surface area (Å²) >= 11 is 6.97. The molecule has 0 spiro atoms. The second-order valence-electron chi connectivity index (χ2n) is 3.46. The standard InChI is InChI=1S/C13H8ClNO2S/c14-13-5-4-12(18-13)11(16)8-17-10-3-1-2-9(6-10)7-15/h1-6H,8H2. The van der Waals surface area contributed by atoms with E-state index in [4.69, 9.17) is 21.6 Å². The van der Waals surface area contributed by atoms with E-state index in [0.29, 0.717) is 20.5 Å². The SMILES string of the molecule is N#Cc1cccc(OCC(=O)c2ccc(Cl)s2)c1. The molecule has 2 aromatic rings. The normalized spacial score (nSPS) is 9.78. The summed E-state index contributed by atoms with van der Waals surface area (Å²) < 4.78 is 5.91. The zero-order chi connectivity index (χ0) is 13.0. The Bertz CT molecular complexity index is 615. The summed E-state index contributed by atoms with van der Waals surface area (Å²) in [6, 6.07) is 12.0. The first-order valence-electron chi connectivity index (χ1n) is 5.10. The fraction of sp³-hybridized carbons (Fsp3) is 0.0769. The van der Waals surface area contributed by atoms with Gasteiger partial charge in [0.25, 0.3) is 0 Å². The maximum atomic E-state index is 11.7. The lowest BCUT2D eigenvalue weighted by Crippen LogP contribution is -2.10. The largest absolute Gasteiger partial charge is 0.485 e. The molecule has 0 saturated heterocycles. The molecule has 1 heterocycles. The molecule has 0 bridgehead atoms. The third-order valence-electron chi connectivity index (χ3n) is 2.18. The van der Waals surface area contributed by atoms with Crippen molar-refractivity contribution in [3.8, 4) is 11.8 Å². The van der Waals surface area contributed by atoms with Crippen LogP contribution in [0.3, 0.4) is 0 Å². The molecule has 0 radical (unpaired) electrons. The van der Waals surface area contributed by atoms with Crippen LogP contribution in [0.25, 0.3) is 0 Å². The zero-order valence-electron chi connectivity index (χ0n) is 9.22. The second kappa shape index (κ2) is 5.67. The molecule has 0 N–H and O–H groups in total. The van der Waals surface area contributed by atoms with Crippen LogP contribution in [0.5, 0.6) is 5.75 Å². The quantitative estimate of drug-likeness (QED) is 0.803. The van der Waals surface area contributed by atoms with Gasteiger partial charge in [0.2, 0.25) is 5.78 Å². The molecule has 0 fully saturated rings. The average molecular weight is 278 g/mol. The Morgan fingerprint density at radius 3 is 2.89 bits per heavy atom. The molecule has 2 rings (SSSR count). The van der Waals surface area contributed by atoms with Crippen LogP contribution in [0, 0.1) is 11.3 Å². The number of thiophene rings is 1. The molecule has 0 unspecified atom stereocenters. The number of halogens is 1. The predicted octanol–water partition coefficient (Wildman–Crippen LogP) is 3.53. The summed E-state index contributed by atoms with van der Waals surface area (Å²) in [5.74, 6) is 0.374. The summed E-state index contributed by atoms with van der Waals surface area (Å²) in [4.78, 5) is 12.3. The smallest absolute Gasteiger partial charge is 0.210 e. The first-order valence-corrected chi connectivity index (χ1v) is 6.30. The predicted molar refractivity (Wildman–Crippen MR) is 70.3 cm³/mol. The Morgan fingerprint density at radius 2 is 2.22 bits per heavy atom. The van der Waals surface area contributed by atoms with E-state index in [1.807, 2.05) is 6.07 Å². The Kier molecular flexibility index (Phi) is 3.98. The molecule has 5 heteroatoms. The minimum Gasteiger partial charge on any atom is -0.485 e. The van der Waals surface area contributed by atoms with Gasteiger partial charge in [0.05, 0.1) is 20.8 Å². The first-order chi connectivity index (χ1) is 8.69. The highest BCUT2D eigenvalue weighted by Gasteiger charge is 2.09. The summed E-state index contributed by atoms with van der Waals surface area (Å²) in [6.45, 7) is -0.0638. The van der Waals surface area contributed by atoms with Crippen molar-refractivity contribution < 1.29 is 9.53 Å². The summed E-state index contributed by atoms with van der Waals surface area (Å²) in [7, 11) is 0. The molecule has 3 nitrogen and oxygen atoms in total. The Labute approximate surface area is 113 Å². The topological polar surface area (TPSA) is 50.1 Å². The lowest BCUT2D eigenvalue weighted by molar-refractivity contribution is 0.0925. The van der Waals surface area contributed by atoms with Crippen molar-refractivity contribution in [2.45, 2.75) is 0 Å². The third-order valence-corrected chi connectivity index (χ3v) is 3.45. The molecule has 0 aliphatic heterocycles. The molecule has 1 aromatic heterocycles. The highest BCUT2D eigenvalue weighted by atomic mass is 35.5. The van der Waals surface area contributed by atoms with Crippen molar-refractivity contribution in [1.29, 1.82) is 5.26 Å². The zero-order valence-corrected chi connectivity index (χ0v) is 10.8. The van der Waals surface area contributed by atoms with Gasteiger partial charge in [0.1, 0.15) is 5.75 Å². The van der Waals surface area contributed by atoms with Gasteiger partial charge in [-0.25, -0.2) is 0 Å². The number of hydrogen-bond acceptors (Lipinski definition) is 4. The fourth-order valence-electron chi connectivity index (χ4n) is 1.34. The molecule has 1 aromatic carbocycles. The van der Waals surface area contributed by atoms with Crippen LogP contribution >= 0.6 is 22.9 Å². The number of rotatable bonds is 4. The van der Waals surface area contributed by atoms with Crippen molar-refractivity contribution >= 4 is 28.7 Å². The summed E-state index contributed by atoms with van der Waals surface area (Å²) in [5, 5.41) is 8.73. The van der Waals surface area contributed by atoms with Gasteiger partial charge >= 0.3 is 0 Å². The lowest BCUT2D eigenvalue weighted by atomic mass is 10.2. The minimum absolute atomic E-state index is 0.0638. The minimum atomic E-state index is -0.130. The van der Waals surface area contributed by atoms with E-state index in [-0.39, 0.29) is 12.4 Å². The van der Waals surface area contributed by atoms with Gasteiger partial charge in [-0.15, -0.1) is 11.3 Å². The average Bonchev–Trinajstić information content (AvgIpc) is 2.83. The van der Waals surface area contributed by atoms with Crippen LogP contribution < -0.4 is 4.74 Å².